The van der Waals surface area contributed by atoms with Crippen molar-refractivity contribution in [2.75, 3.05) is 0 Å². The SMILES string of the molecule is CC(C)CCCCC1C(C(=O)O)CCCC1(CCCC(C)C)C(=O)O. The monoisotopic (exact) mass is 354 g/mol. The molecule has 1 saturated carbocycles. The van der Waals surface area contributed by atoms with Crippen LogP contribution in [-0.4, -0.2) is 22.2 Å². The summed E-state index contributed by atoms with van der Waals surface area (Å²) in [6, 6.07) is 0. The molecule has 0 spiro atoms. The van der Waals surface area contributed by atoms with E-state index in [1.807, 2.05) is 0 Å². The Morgan fingerprint density at radius 3 is 2.12 bits per heavy atom. The van der Waals surface area contributed by atoms with E-state index in [0.29, 0.717) is 37.5 Å². The van der Waals surface area contributed by atoms with Gasteiger partial charge in [-0.2, -0.15) is 0 Å². The molecule has 1 rings (SSSR count). The van der Waals surface area contributed by atoms with Gasteiger partial charge in [-0.25, -0.2) is 0 Å². The summed E-state index contributed by atoms with van der Waals surface area (Å²) in [6.07, 6.45) is 8.34. The summed E-state index contributed by atoms with van der Waals surface area (Å²) in [5, 5.41) is 19.8. The number of carbonyl (C=O) groups is 2. The average Bonchev–Trinajstić information content (AvgIpc) is 2.51. The van der Waals surface area contributed by atoms with Crippen LogP contribution in [0.3, 0.4) is 0 Å². The topological polar surface area (TPSA) is 74.6 Å². The Balaban J connectivity index is 2.92. The zero-order valence-corrected chi connectivity index (χ0v) is 16.6. The Bertz CT molecular complexity index is 430. The fourth-order valence-electron chi connectivity index (χ4n) is 4.61. The standard InChI is InChI=1S/C21H38O4/c1-15(2)9-5-6-12-18-17(19(22)23)11-8-14-21(18,20(24)25)13-7-10-16(3)4/h15-18H,5-14H2,1-4H3,(H,22,23)(H,24,25). The second-order valence-corrected chi connectivity index (χ2v) is 8.87. The number of rotatable bonds is 11. The van der Waals surface area contributed by atoms with Gasteiger partial charge >= 0.3 is 11.9 Å². The zero-order chi connectivity index (χ0) is 19.0. The first-order valence-electron chi connectivity index (χ1n) is 10.2. The van der Waals surface area contributed by atoms with E-state index in [0.717, 1.165) is 38.5 Å². The van der Waals surface area contributed by atoms with Crippen molar-refractivity contribution in [2.45, 2.75) is 91.9 Å². The van der Waals surface area contributed by atoms with Crippen LogP contribution in [0.4, 0.5) is 0 Å². The fourth-order valence-corrected chi connectivity index (χ4v) is 4.61. The molecule has 1 aliphatic carbocycles. The Morgan fingerprint density at radius 1 is 1.00 bits per heavy atom. The number of unbranched alkanes of at least 4 members (excludes halogenated alkanes) is 1. The normalized spacial score (nSPS) is 27.0. The lowest BCUT2D eigenvalue weighted by Gasteiger charge is -2.44. The highest BCUT2D eigenvalue weighted by atomic mass is 16.4. The van der Waals surface area contributed by atoms with Crippen LogP contribution < -0.4 is 0 Å². The molecule has 0 aromatic rings. The van der Waals surface area contributed by atoms with Crippen molar-refractivity contribution in [3.63, 3.8) is 0 Å². The van der Waals surface area contributed by atoms with Crippen LogP contribution in [-0.2, 0) is 9.59 Å². The first kappa shape index (κ1) is 22.0. The Hall–Kier alpha value is -1.06. The molecule has 0 aromatic heterocycles. The van der Waals surface area contributed by atoms with Gasteiger partial charge in [0.15, 0.2) is 0 Å². The van der Waals surface area contributed by atoms with E-state index in [4.69, 9.17) is 0 Å². The molecular formula is C21H38O4. The summed E-state index contributed by atoms with van der Waals surface area (Å²) in [6.45, 7) is 8.68. The van der Waals surface area contributed by atoms with Crippen molar-refractivity contribution >= 4 is 11.9 Å². The number of aliphatic carboxylic acids is 2. The number of carboxylic acid groups (broad SMARTS) is 2. The third-order valence-corrected chi connectivity index (χ3v) is 6.03. The smallest absolute Gasteiger partial charge is 0.309 e. The second kappa shape index (κ2) is 10.2. The lowest BCUT2D eigenvalue weighted by molar-refractivity contribution is -0.164. The van der Waals surface area contributed by atoms with Gasteiger partial charge in [0.05, 0.1) is 11.3 Å². The minimum absolute atomic E-state index is 0.226. The highest BCUT2D eigenvalue weighted by molar-refractivity contribution is 5.78. The van der Waals surface area contributed by atoms with Gasteiger partial charge in [0.2, 0.25) is 0 Å². The van der Waals surface area contributed by atoms with Gasteiger partial charge in [-0.15, -0.1) is 0 Å². The molecule has 2 N–H and O–H groups in total. The summed E-state index contributed by atoms with van der Waals surface area (Å²) in [5.41, 5.74) is -0.839. The molecule has 0 saturated heterocycles. The number of hydrogen-bond donors (Lipinski definition) is 2. The van der Waals surface area contributed by atoms with E-state index in [-0.39, 0.29) is 5.92 Å². The predicted molar refractivity (Wildman–Crippen MR) is 101 cm³/mol. The Morgan fingerprint density at radius 2 is 1.60 bits per heavy atom. The first-order chi connectivity index (χ1) is 11.7. The van der Waals surface area contributed by atoms with Gasteiger partial charge in [0.1, 0.15) is 0 Å². The molecule has 4 heteroatoms. The molecule has 4 nitrogen and oxygen atoms in total. The van der Waals surface area contributed by atoms with Crippen LogP contribution in [0.1, 0.15) is 91.9 Å². The Kier molecular flexibility index (Phi) is 8.95. The third-order valence-electron chi connectivity index (χ3n) is 6.03. The maximum Gasteiger partial charge on any atom is 0.309 e. The van der Waals surface area contributed by atoms with Crippen LogP contribution in [0.5, 0.6) is 0 Å². The molecule has 0 amide bonds. The number of carboxylic acids is 2. The molecule has 0 bridgehead atoms. The minimum Gasteiger partial charge on any atom is -0.481 e. The van der Waals surface area contributed by atoms with Gasteiger partial charge < -0.3 is 10.2 Å². The van der Waals surface area contributed by atoms with Gasteiger partial charge in [0.25, 0.3) is 0 Å². The van der Waals surface area contributed by atoms with Gasteiger partial charge in [-0.05, 0) is 43.4 Å². The summed E-state index contributed by atoms with van der Waals surface area (Å²) >= 11 is 0. The maximum absolute atomic E-state index is 12.3. The van der Waals surface area contributed by atoms with E-state index in [2.05, 4.69) is 27.7 Å². The first-order valence-corrected chi connectivity index (χ1v) is 10.2. The lowest BCUT2D eigenvalue weighted by Crippen LogP contribution is -2.47. The molecular weight excluding hydrogens is 316 g/mol. The average molecular weight is 355 g/mol. The second-order valence-electron chi connectivity index (χ2n) is 8.87. The van der Waals surface area contributed by atoms with Crippen molar-refractivity contribution < 1.29 is 19.8 Å². The fraction of sp³-hybridized carbons (Fsp3) is 0.905. The molecule has 3 unspecified atom stereocenters. The summed E-state index contributed by atoms with van der Waals surface area (Å²) in [4.78, 5) is 24.1. The largest absolute Gasteiger partial charge is 0.481 e. The summed E-state index contributed by atoms with van der Waals surface area (Å²) in [5.74, 6) is -1.11. The molecule has 0 aromatic carbocycles. The molecule has 0 radical (unpaired) electrons. The van der Waals surface area contributed by atoms with Crippen LogP contribution in [0, 0.1) is 29.1 Å². The van der Waals surface area contributed by atoms with Gasteiger partial charge in [0, 0.05) is 0 Å². The highest BCUT2D eigenvalue weighted by Crippen LogP contribution is 2.50. The van der Waals surface area contributed by atoms with Crippen LogP contribution in [0.15, 0.2) is 0 Å². The van der Waals surface area contributed by atoms with Crippen molar-refractivity contribution in [3.8, 4) is 0 Å². The van der Waals surface area contributed by atoms with E-state index in [1.165, 1.54) is 0 Å². The maximum atomic E-state index is 12.3. The van der Waals surface area contributed by atoms with Crippen molar-refractivity contribution in [1.82, 2.24) is 0 Å². The van der Waals surface area contributed by atoms with E-state index in [1.54, 1.807) is 0 Å². The summed E-state index contributed by atoms with van der Waals surface area (Å²) in [7, 11) is 0. The molecule has 3 atom stereocenters. The quantitative estimate of drug-likeness (QED) is 0.473. The molecule has 146 valence electrons. The minimum atomic E-state index is -0.839. The molecule has 0 heterocycles. The van der Waals surface area contributed by atoms with Gasteiger partial charge in [-0.1, -0.05) is 66.2 Å². The lowest BCUT2D eigenvalue weighted by atomic mass is 9.58. The predicted octanol–water partition coefficient (Wildman–Crippen LogP) is 5.60. The Labute approximate surface area is 153 Å². The molecule has 1 aliphatic rings. The van der Waals surface area contributed by atoms with E-state index in [9.17, 15) is 19.8 Å². The van der Waals surface area contributed by atoms with Crippen molar-refractivity contribution in [2.24, 2.45) is 29.1 Å². The van der Waals surface area contributed by atoms with Crippen molar-refractivity contribution in [3.05, 3.63) is 0 Å². The van der Waals surface area contributed by atoms with E-state index < -0.39 is 23.3 Å². The van der Waals surface area contributed by atoms with E-state index >= 15 is 0 Å². The molecule has 0 aliphatic heterocycles. The third kappa shape index (κ3) is 6.31. The zero-order valence-electron chi connectivity index (χ0n) is 16.6. The number of hydrogen-bond acceptors (Lipinski definition) is 2. The van der Waals surface area contributed by atoms with Gasteiger partial charge in [-0.3, -0.25) is 9.59 Å². The molecule has 25 heavy (non-hydrogen) atoms. The molecule has 1 fully saturated rings. The highest BCUT2D eigenvalue weighted by Gasteiger charge is 2.52. The summed E-state index contributed by atoms with van der Waals surface area (Å²) < 4.78 is 0. The van der Waals surface area contributed by atoms with Crippen LogP contribution in [0.2, 0.25) is 0 Å². The van der Waals surface area contributed by atoms with Crippen LogP contribution >= 0.6 is 0 Å². The van der Waals surface area contributed by atoms with Crippen LogP contribution in [0.25, 0.3) is 0 Å². The van der Waals surface area contributed by atoms with Crippen molar-refractivity contribution in [1.29, 1.82) is 0 Å².